The third-order valence-corrected chi connectivity index (χ3v) is 2.55. The molecule has 0 aromatic heterocycles. The summed E-state index contributed by atoms with van der Waals surface area (Å²) < 4.78 is 25.9. The van der Waals surface area contributed by atoms with Crippen molar-refractivity contribution in [3.8, 4) is 11.8 Å². The van der Waals surface area contributed by atoms with Gasteiger partial charge in [0, 0.05) is 11.8 Å². The van der Waals surface area contributed by atoms with Crippen molar-refractivity contribution in [2.75, 3.05) is 5.32 Å². The molecule has 0 fully saturated rings. The van der Waals surface area contributed by atoms with Gasteiger partial charge in [-0.1, -0.05) is 0 Å². The maximum absolute atomic E-state index is 13.1. The van der Waals surface area contributed by atoms with Gasteiger partial charge >= 0.3 is 0 Å². The number of halogens is 2. The summed E-state index contributed by atoms with van der Waals surface area (Å²) in [6.07, 6.45) is 0. The van der Waals surface area contributed by atoms with E-state index in [9.17, 15) is 18.7 Å². The molecular weight excluding hydrogens is 266 g/mol. The second-order valence-corrected chi connectivity index (χ2v) is 3.92. The Morgan fingerprint density at radius 3 is 2.60 bits per heavy atom. The molecule has 2 aromatic rings. The fraction of sp³-hybridized carbons (Fsp3) is 0. The number of rotatable bonds is 2. The molecule has 2 rings (SSSR count). The van der Waals surface area contributed by atoms with E-state index in [4.69, 9.17) is 5.26 Å². The normalized spacial score (nSPS) is 9.85. The third kappa shape index (κ3) is 2.72. The summed E-state index contributed by atoms with van der Waals surface area (Å²) in [5, 5.41) is 20.5. The summed E-state index contributed by atoms with van der Waals surface area (Å²) in [5.41, 5.74) is -0.156. The molecule has 0 spiro atoms. The van der Waals surface area contributed by atoms with Crippen LogP contribution in [0.25, 0.3) is 0 Å². The number of phenolic OH excluding ortho intramolecular Hbond substituents is 1. The Labute approximate surface area is 112 Å². The van der Waals surface area contributed by atoms with Gasteiger partial charge in [0.15, 0.2) is 0 Å². The number of hydrogen-bond donors (Lipinski definition) is 2. The number of aromatic hydroxyl groups is 1. The van der Waals surface area contributed by atoms with E-state index in [0.717, 1.165) is 30.3 Å². The molecule has 0 atom stereocenters. The van der Waals surface area contributed by atoms with Crippen LogP contribution in [0.15, 0.2) is 36.4 Å². The minimum Gasteiger partial charge on any atom is -0.507 e. The maximum Gasteiger partial charge on any atom is 0.259 e. The van der Waals surface area contributed by atoms with Crippen molar-refractivity contribution < 1.29 is 18.7 Å². The highest BCUT2D eigenvalue weighted by Crippen LogP contribution is 2.20. The molecule has 0 bridgehead atoms. The Hall–Kier alpha value is -2.94. The van der Waals surface area contributed by atoms with Crippen molar-refractivity contribution >= 4 is 11.6 Å². The largest absolute Gasteiger partial charge is 0.507 e. The summed E-state index contributed by atoms with van der Waals surface area (Å²) in [7, 11) is 0. The van der Waals surface area contributed by atoms with Crippen molar-refractivity contribution in [2.24, 2.45) is 0 Å². The molecule has 1 amide bonds. The second kappa shape index (κ2) is 5.36. The predicted molar refractivity (Wildman–Crippen MR) is 67.1 cm³/mol. The summed E-state index contributed by atoms with van der Waals surface area (Å²) in [5.74, 6) is -2.58. The SMILES string of the molecule is N#Cc1cc(NC(=O)c2ccc(F)cc2O)ccc1F. The van der Waals surface area contributed by atoms with E-state index in [1.165, 1.54) is 6.07 Å². The number of carbonyl (C=O) groups is 1. The highest BCUT2D eigenvalue weighted by molar-refractivity contribution is 6.06. The van der Waals surface area contributed by atoms with Gasteiger partial charge in [-0.15, -0.1) is 0 Å². The first kappa shape index (κ1) is 13.5. The van der Waals surface area contributed by atoms with Crippen molar-refractivity contribution in [1.82, 2.24) is 0 Å². The number of benzene rings is 2. The van der Waals surface area contributed by atoms with Crippen molar-refractivity contribution in [3.63, 3.8) is 0 Å². The average Bonchev–Trinajstić information content (AvgIpc) is 2.40. The Bertz CT molecular complexity index is 724. The molecule has 0 aliphatic rings. The zero-order chi connectivity index (χ0) is 14.7. The van der Waals surface area contributed by atoms with Crippen LogP contribution in [0.5, 0.6) is 5.75 Å². The van der Waals surface area contributed by atoms with Gasteiger partial charge in [-0.2, -0.15) is 5.26 Å². The number of nitrogens with zero attached hydrogens (tertiary/aromatic N) is 1. The lowest BCUT2D eigenvalue weighted by Gasteiger charge is -2.07. The van der Waals surface area contributed by atoms with Crippen molar-refractivity contribution in [2.45, 2.75) is 0 Å². The fourth-order valence-corrected chi connectivity index (χ4v) is 1.58. The van der Waals surface area contributed by atoms with Crippen LogP contribution in [0, 0.1) is 23.0 Å². The van der Waals surface area contributed by atoms with Crippen LogP contribution >= 0.6 is 0 Å². The van der Waals surface area contributed by atoms with Crippen molar-refractivity contribution in [1.29, 1.82) is 5.26 Å². The van der Waals surface area contributed by atoms with E-state index in [-0.39, 0.29) is 16.8 Å². The number of carbonyl (C=O) groups excluding carboxylic acids is 1. The van der Waals surface area contributed by atoms with Gasteiger partial charge in [-0.3, -0.25) is 4.79 Å². The topological polar surface area (TPSA) is 73.1 Å². The first-order chi connectivity index (χ1) is 9.51. The van der Waals surface area contributed by atoms with Crippen LogP contribution in [0.2, 0.25) is 0 Å². The minimum atomic E-state index is -0.699. The minimum absolute atomic E-state index is 0.130. The van der Waals surface area contributed by atoms with Gasteiger partial charge in [0.05, 0.1) is 11.1 Å². The molecule has 2 N–H and O–H groups in total. The highest BCUT2D eigenvalue weighted by atomic mass is 19.1. The monoisotopic (exact) mass is 274 g/mol. The molecular formula is C14H8F2N2O2. The molecule has 6 heteroatoms. The highest BCUT2D eigenvalue weighted by Gasteiger charge is 2.13. The van der Waals surface area contributed by atoms with E-state index >= 15 is 0 Å². The number of nitrogens with one attached hydrogen (secondary N) is 1. The predicted octanol–water partition coefficient (Wildman–Crippen LogP) is 2.79. The molecule has 0 aliphatic carbocycles. The zero-order valence-electron chi connectivity index (χ0n) is 10.0. The van der Waals surface area contributed by atoms with Crippen LogP contribution in [-0.2, 0) is 0 Å². The molecule has 0 aliphatic heterocycles. The quantitative estimate of drug-likeness (QED) is 0.884. The smallest absolute Gasteiger partial charge is 0.259 e. The molecule has 20 heavy (non-hydrogen) atoms. The molecule has 2 aromatic carbocycles. The van der Waals surface area contributed by atoms with Crippen LogP contribution in [0.4, 0.5) is 14.5 Å². The van der Waals surface area contributed by atoms with Gasteiger partial charge in [0.2, 0.25) is 0 Å². The summed E-state index contributed by atoms with van der Waals surface area (Å²) >= 11 is 0. The van der Waals surface area contributed by atoms with Gasteiger partial charge < -0.3 is 10.4 Å². The van der Waals surface area contributed by atoms with E-state index < -0.39 is 23.3 Å². The number of anilines is 1. The van der Waals surface area contributed by atoms with Gasteiger partial charge in [0.25, 0.3) is 5.91 Å². The molecule has 0 radical (unpaired) electrons. The second-order valence-electron chi connectivity index (χ2n) is 3.92. The third-order valence-electron chi connectivity index (χ3n) is 2.55. The molecule has 4 nitrogen and oxygen atoms in total. The summed E-state index contributed by atoms with van der Waals surface area (Å²) in [4.78, 5) is 11.9. The standard InChI is InChI=1S/C14H8F2N2O2/c15-9-1-3-11(13(19)6-9)14(20)18-10-2-4-12(16)8(5-10)7-17/h1-6,19H,(H,18,20). The number of hydrogen-bond acceptors (Lipinski definition) is 3. The van der Waals surface area contributed by atoms with Gasteiger partial charge in [-0.25, -0.2) is 8.78 Å². The van der Waals surface area contributed by atoms with E-state index in [1.807, 2.05) is 0 Å². The summed E-state index contributed by atoms with van der Waals surface area (Å²) in [6, 6.07) is 8.07. The zero-order valence-corrected chi connectivity index (χ0v) is 10.0. The molecule has 0 saturated carbocycles. The fourth-order valence-electron chi connectivity index (χ4n) is 1.58. The lowest BCUT2D eigenvalue weighted by molar-refractivity contribution is 0.102. The lowest BCUT2D eigenvalue weighted by atomic mass is 10.1. The molecule has 100 valence electrons. The van der Waals surface area contributed by atoms with Crippen LogP contribution in [0.3, 0.4) is 0 Å². The van der Waals surface area contributed by atoms with E-state index in [2.05, 4.69) is 5.32 Å². The average molecular weight is 274 g/mol. The first-order valence-electron chi connectivity index (χ1n) is 5.51. The van der Waals surface area contributed by atoms with Crippen LogP contribution < -0.4 is 5.32 Å². The number of phenols is 1. The Balaban J connectivity index is 2.26. The number of amides is 1. The van der Waals surface area contributed by atoms with Crippen LogP contribution in [0.1, 0.15) is 15.9 Å². The Kier molecular flexibility index (Phi) is 3.62. The lowest BCUT2D eigenvalue weighted by Crippen LogP contribution is -2.12. The Morgan fingerprint density at radius 1 is 1.20 bits per heavy atom. The molecule has 0 saturated heterocycles. The van der Waals surface area contributed by atoms with E-state index in [1.54, 1.807) is 6.07 Å². The molecule has 0 heterocycles. The van der Waals surface area contributed by atoms with Crippen molar-refractivity contribution in [3.05, 3.63) is 59.2 Å². The van der Waals surface area contributed by atoms with Crippen LogP contribution in [-0.4, -0.2) is 11.0 Å². The summed E-state index contributed by atoms with van der Waals surface area (Å²) in [6.45, 7) is 0. The maximum atomic E-state index is 13.1. The first-order valence-corrected chi connectivity index (χ1v) is 5.51. The number of nitriles is 1. The Morgan fingerprint density at radius 2 is 1.95 bits per heavy atom. The van der Waals surface area contributed by atoms with E-state index in [0.29, 0.717) is 0 Å². The molecule has 0 unspecified atom stereocenters. The van der Waals surface area contributed by atoms with Gasteiger partial charge in [-0.05, 0) is 30.3 Å². The van der Waals surface area contributed by atoms with Gasteiger partial charge in [0.1, 0.15) is 23.5 Å².